The summed E-state index contributed by atoms with van der Waals surface area (Å²) in [5, 5.41) is 24.1. The molecule has 0 saturated carbocycles. The molecule has 4 rings (SSSR count). The third-order valence-electron chi connectivity index (χ3n) is 7.95. The molecule has 0 aliphatic carbocycles. The van der Waals surface area contributed by atoms with E-state index < -0.39 is 59.3 Å². The number of aliphatic hydroxyl groups is 1. The average molecular weight is 558 g/mol. The van der Waals surface area contributed by atoms with Gasteiger partial charge >= 0.3 is 0 Å². The average Bonchev–Trinajstić information content (AvgIpc) is 3.06. The number of hydrogen-bond acceptors (Lipinski definition) is 5. The van der Waals surface area contributed by atoms with Crippen molar-refractivity contribution in [1.29, 1.82) is 0 Å². The highest BCUT2D eigenvalue weighted by Gasteiger charge is 2.77. The largest absolute Gasteiger partial charge is 0.508 e. The Morgan fingerprint density at radius 1 is 1.15 bits per heavy atom. The van der Waals surface area contributed by atoms with Crippen LogP contribution in [0.4, 0.5) is 8.78 Å². The summed E-state index contributed by atoms with van der Waals surface area (Å²) < 4.78 is 30.9. The van der Waals surface area contributed by atoms with Gasteiger partial charge in [0.25, 0.3) is 17.7 Å². The number of nitrogens with one attached hydrogen (secondary N) is 1. The molecule has 0 aromatic heterocycles. The summed E-state index contributed by atoms with van der Waals surface area (Å²) in [6.07, 6.45) is -1.89. The van der Waals surface area contributed by atoms with Crippen LogP contribution in [-0.2, 0) is 16.0 Å². The first-order valence-electron chi connectivity index (χ1n) is 13.3. The molecule has 0 spiro atoms. The van der Waals surface area contributed by atoms with Crippen LogP contribution in [0.3, 0.4) is 0 Å². The number of aliphatic hydroxyl groups excluding tert-OH is 1. The fourth-order valence-corrected chi connectivity index (χ4v) is 5.69. The van der Waals surface area contributed by atoms with E-state index in [9.17, 15) is 24.6 Å². The normalized spacial score (nSPS) is 23.3. The number of aryl methyl sites for hydroxylation is 1. The van der Waals surface area contributed by atoms with Crippen molar-refractivity contribution < 1.29 is 33.4 Å². The van der Waals surface area contributed by atoms with Crippen molar-refractivity contribution in [3.8, 4) is 5.75 Å². The minimum Gasteiger partial charge on any atom is -0.508 e. The molecule has 2 aromatic rings. The molecule has 1 unspecified atom stereocenters. The van der Waals surface area contributed by atoms with E-state index in [-0.39, 0.29) is 24.3 Å². The van der Waals surface area contributed by atoms with Crippen LogP contribution in [0.25, 0.3) is 0 Å². The molecular weight excluding hydrogens is 520 g/mol. The number of aromatic hydroxyl groups is 1. The number of nitrogens with zero attached hydrogens (tertiary/aromatic N) is 2. The second kappa shape index (κ2) is 10.1. The van der Waals surface area contributed by atoms with Crippen LogP contribution in [0.5, 0.6) is 5.75 Å². The van der Waals surface area contributed by atoms with Crippen LogP contribution < -0.4 is 5.32 Å². The number of carbonyl (C=O) groups is 3. The number of carbonyl (C=O) groups excluding carboxylic acids is 3. The topological polar surface area (TPSA) is 110 Å². The first-order chi connectivity index (χ1) is 18.5. The lowest BCUT2D eigenvalue weighted by molar-refractivity contribution is -0.194. The summed E-state index contributed by atoms with van der Waals surface area (Å²) in [5.74, 6) is -5.77. The Morgan fingerprint density at radius 3 is 2.38 bits per heavy atom. The summed E-state index contributed by atoms with van der Waals surface area (Å²) >= 11 is 0. The molecule has 40 heavy (non-hydrogen) atoms. The molecule has 216 valence electrons. The molecule has 2 aromatic carbocycles. The highest BCUT2D eigenvalue weighted by atomic mass is 19.3. The summed E-state index contributed by atoms with van der Waals surface area (Å²) in [6, 6.07) is 9.26. The molecule has 2 fully saturated rings. The van der Waals surface area contributed by atoms with Crippen LogP contribution in [0.15, 0.2) is 42.5 Å². The molecule has 4 atom stereocenters. The van der Waals surface area contributed by atoms with E-state index in [2.05, 4.69) is 5.32 Å². The molecular formula is C30H37F2N3O5. The number of likely N-dealkylation sites (tertiary alicyclic amines) is 2. The van der Waals surface area contributed by atoms with E-state index in [0.717, 1.165) is 9.80 Å². The van der Waals surface area contributed by atoms with Gasteiger partial charge in [0.2, 0.25) is 5.91 Å². The number of phenolic OH excluding ortho intramolecular Hbond substituents is 1. The SMILES string of the molecule is Cc1cc(O)c(C)c(C(=O)N[C@@H](Cc2ccccc2)[C@H](O)C(=O)N2CC(F)(F)C3(C)[C@H]2C(=O)N3CC(C)(C)C)c1. The highest BCUT2D eigenvalue weighted by Crippen LogP contribution is 2.53. The molecule has 3 amide bonds. The van der Waals surface area contributed by atoms with E-state index in [0.29, 0.717) is 16.7 Å². The third-order valence-corrected chi connectivity index (χ3v) is 7.95. The molecule has 0 radical (unpaired) electrons. The van der Waals surface area contributed by atoms with Crippen LogP contribution in [0.1, 0.15) is 54.7 Å². The molecule has 2 heterocycles. The van der Waals surface area contributed by atoms with Gasteiger partial charge in [0.05, 0.1) is 12.6 Å². The minimum atomic E-state index is -3.40. The third kappa shape index (κ3) is 5.05. The van der Waals surface area contributed by atoms with Gasteiger partial charge in [-0.15, -0.1) is 0 Å². The molecule has 2 saturated heterocycles. The maximum Gasteiger partial charge on any atom is 0.290 e. The van der Waals surface area contributed by atoms with Crippen LogP contribution in [-0.4, -0.2) is 80.5 Å². The van der Waals surface area contributed by atoms with Crippen molar-refractivity contribution in [2.75, 3.05) is 13.1 Å². The number of fused-ring (bicyclic) bond motifs is 1. The van der Waals surface area contributed by atoms with Crippen molar-refractivity contribution in [3.63, 3.8) is 0 Å². The van der Waals surface area contributed by atoms with Crippen LogP contribution in [0.2, 0.25) is 0 Å². The van der Waals surface area contributed by atoms with Crippen molar-refractivity contribution in [2.45, 2.75) is 77.6 Å². The number of phenols is 1. The number of halogens is 2. The summed E-state index contributed by atoms with van der Waals surface area (Å²) in [5.41, 5.74) is -0.549. The van der Waals surface area contributed by atoms with Crippen LogP contribution in [0, 0.1) is 19.3 Å². The lowest BCUT2D eigenvalue weighted by Crippen LogP contribution is -2.79. The Morgan fingerprint density at radius 2 is 1.77 bits per heavy atom. The number of alkyl halides is 2. The predicted molar refractivity (Wildman–Crippen MR) is 145 cm³/mol. The maximum absolute atomic E-state index is 15.4. The van der Waals surface area contributed by atoms with E-state index >= 15 is 8.78 Å². The zero-order valence-electron chi connectivity index (χ0n) is 23.7. The van der Waals surface area contributed by atoms with E-state index in [1.54, 1.807) is 50.2 Å². The Balaban J connectivity index is 1.63. The fourth-order valence-electron chi connectivity index (χ4n) is 5.69. The molecule has 3 N–H and O–H groups in total. The Kier molecular flexibility index (Phi) is 7.47. The van der Waals surface area contributed by atoms with Crippen molar-refractivity contribution in [1.82, 2.24) is 15.1 Å². The maximum atomic E-state index is 15.4. The number of rotatable bonds is 7. The summed E-state index contributed by atoms with van der Waals surface area (Å²) in [6.45, 7) is 9.13. The second-order valence-electron chi connectivity index (χ2n) is 12.4. The van der Waals surface area contributed by atoms with E-state index in [1.165, 1.54) is 13.0 Å². The number of β-lactam (4-membered cyclic amide) rings is 1. The smallest absolute Gasteiger partial charge is 0.290 e. The van der Waals surface area contributed by atoms with Gasteiger partial charge in [-0.05, 0) is 55.9 Å². The van der Waals surface area contributed by atoms with Gasteiger partial charge in [-0.25, -0.2) is 8.78 Å². The summed E-state index contributed by atoms with van der Waals surface area (Å²) in [7, 11) is 0. The molecule has 2 aliphatic heterocycles. The van der Waals surface area contributed by atoms with Gasteiger partial charge in [-0.1, -0.05) is 51.1 Å². The lowest BCUT2D eigenvalue weighted by Gasteiger charge is -2.56. The highest BCUT2D eigenvalue weighted by molar-refractivity contribution is 5.99. The monoisotopic (exact) mass is 557 g/mol. The van der Waals surface area contributed by atoms with E-state index in [4.69, 9.17) is 0 Å². The molecule has 8 nitrogen and oxygen atoms in total. The van der Waals surface area contributed by atoms with Gasteiger partial charge in [-0.2, -0.15) is 0 Å². The van der Waals surface area contributed by atoms with E-state index in [1.807, 2.05) is 20.8 Å². The number of amides is 3. The minimum absolute atomic E-state index is 0.0204. The predicted octanol–water partition coefficient (Wildman–Crippen LogP) is 3.20. The Labute approximate surface area is 233 Å². The zero-order valence-corrected chi connectivity index (χ0v) is 23.7. The van der Waals surface area contributed by atoms with Gasteiger partial charge in [0, 0.05) is 17.7 Å². The first kappa shape index (κ1) is 29.5. The quantitative estimate of drug-likeness (QED) is 0.453. The van der Waals surface area contributed by atoms with Gasteiger partial charge in [-0.3, -0.25) is 14.4 Å². The van der Waals surface area contributed by atoms with Gasteiger partial charge in [0.1, 0.15) is 17.3 Å². The number of benzene rings is 2. The van der Waals surface area contributed by atoms with Crippen molar-refractivity contribution in [3.05, 3.63) is 64.7 Å². The first-order valence-corrected chi connectivity index (χ1v) is 13.3. The van der Waals surface area contributed by atoms with Crippen LogP contribution >= 0.6 is 0 Å². The number of hydrogen-bond donors (Lipinski definition) is 3. The summed E-state index contributed by atoms with van der Waals surface area (Å²) in [4.78, 5) is 41.9. The molecule has 10 heteroatoms. The Hall–Kier alpha value is -3.53. The van der Waals surface area contributed by atoms with Crippen molar-refractivity contribution in [2.24, 2.45) is 5.41 Å². The Bertz CT molecular complexity index is 1330. The second-order valence-corrected chi connectivity index (χ2v) is 12.4. The van der Waals surface area contributed by atoms with Gasteiger partial charge in [0.15, 0.2) is 6.10 Å². The lowest BCUT2D eigenvalue weighted by atomic mass is 9.76. The zero-order chi connectivity index (χ0) is 29.8. The fraction of sp³-hybridized carbons (Fsp3) is 0.500. The molecule has 0 bridgehead atoms. The molecule has 2 aliphatic rings. The standard InChI is InChI=1S/C30H37F2N3O5/c1-17-12-20(18(2)22(36)13-17)25(38)33-21(14-19-10-8-7-9-11-19)23(37)26(39)34-16-30(31,32)29(6)24(34)27(40)35(29)15-28(3,4)5/h7-13,21,23-24,36-37H,14-16H2,1-6H3,(H,33,38)/t21-,23-,24+,29?/m0/s1. The van der Waals surface area contributed by atoms with Crippen molar-refractivity contribution >= 4 is 17.7 Å². The van der Waals surface area contributed by atoms with Gasteiger partial charge < -0.3 is 25.3 Å².